The van der Waals surface area contributed by atoms with Crippen LogP contribution in [0.25, 0.3) is 16.9 Å². The van der Waals surface area contributed by atoms with Crippen molar-refractivity contribution < 1.29 is 4.39 Å². The van der Waals surface area contributed by atoms with Gasteiger partial charge in [-0.15, -0.1) is 0 Å². The van der Waals surface area contributed by atoms with Crippen molar-refractivity contribution in [1.82, 2.24) is 14.6 Å². The minimum Gasteiger partial charge on any atom is -0.397 e. The number of benzene rings is 2. The van der Waals surface area contributed by atoms with Gasteiger partial charge in [0.25, 0.3) is 0 Å². The zero-order chi connectivity index (χ0) is 19.7. The van der Waals surface area contributed by atoms with Crippen LogP contribution in [0.2, 0.25) is 0 Å². The molecule has 0 aliphatic rings. The highest BCUT2D eigenvalue weighted by Crippen LogP contribution is 2.28. The van der Waals surface area contributed by atoms with Crippen LogP contribution >= 0.6 is 15.9 Å². The Bertz CT molecular complexity index is 1160. The zero-order valence-electron chi connectivity index (χ0n) is 15.1. The maximum Gasteiger partial charge on any atom is 0.172 e. The van der Waals surface area contributed by atoms with Crippen molar-refractivity contribution in [3.63, 3.8) is 0 Å². The number of hydrogen-bond donors (Lipinski definition) is 3. The Morgan fingerprint density at radius 3 is 2.75 bits per heavy atom. The lowest BCUT2D eigenvalue weighted by molar-refractivity contribution is 0.630. The number of nitrogens with zero attached hydrogens (tertiary/aromatic N) is 3. The van der Waals surface area contributed by atoms with Crippen LogP contribution in [0.15, 0.2) is 59.2 Å². The molecule has 0 aliphatic heterocycles. The Balaban J connectivity index is 1.72. The minimum absolute atomic E-state index is 0.323. The van der Waals surface area contributed by atoms with Crippen LogP contribution in [0.4, 0.5) is 21.6 Å². The molecule has 4 aromatic rings. The van der Waals surface area contributed by atoms with Gasteiger partial charge in [0.1, 0.15) is 11.6 Å². The highest BCUT2D eigenvalue weighted by Gasteiger charge is 2.13. The van der Waals surface area contributed by atoms with Gasteiger partial charge in [0.15, 0.2) is 5.65 Å². The van der Waals surface area contributed by atoms with Gasteiger partial charge in [-0.3, -0.25) is 0 Å². The molecule has 4 N–H and O–H groups in total. The van der Waals surface area contributed by atoms with Crippen LogP contribution in [0.1, 0.15) is 5.56 Å². The summed E-state index contributed by atoms with van der Waals surface area (Å²) < 4.78 is 16.7. The number of nitrogens with two attached hydrogens (primary N) is 1. The molecule has 0 unspecified atom stereocenters. The molecule has 2 aromatic heterocycles. The van der Waals surface area contributed by atoms with Crippen molar-refractivity contribution in [3.8, 4) is 11.3 Å². The van der Waals surface area contributed by atoms with E-state index >= 15 is 0 Å². The Morgan fingerprint density at radius 1 is 1.18 bits per heavy atom. The van der Waals surface area contributed by atoms with Gasteiger partial charge in [0.05, 0.1) is 27.7 Å². The normalized spacial score (nSPS) is 11.0. The van der Waals surface area contributed by atoms with Crippen LogP contribution in [0.5, 0.6) is 0 Å². The second-order valence-corrected chi connectivity index (χ2v) is 7.11. The van der Waals surface area contributed by atoms with Crippen molar-refractivity contribution >= 4 is 38.8 Å². The van der Waals surface area contributed by atoms with E-state index < -0.39 is 0 Å². The van der Waals surface area contributed by atoms with Crippen LogP contribution in [-0.4, -0.2) is 21.6 Å². The van der Waals surface area contributed by atoms with Crippen molar-refractivity contribution in [2.75, 3.05) is 23.4 Å². The van der Waals surface area contributed by atoms with Crippen LogP contribution in [0.3, 0.4) is 0 Å². The fraction of sp³-hybridized carbons (Fsp3) is 0.100. The standard InChI is InChI=1S/C20H18BrFN6/c1-24-17-7-6-12(8-16(17)23)10-25-19-9-18(13-4-2-3-5-15(13)22)27-20-14(21)11-26-28(19)20/h2-9,11,24-25H,10,23H2,1H3. The van der Waals surface area contributed by atoms with Crippen molar-refractivity contribution in [3.05, 3.63) is 70.6 Å². The number of fused-ring (bicyclic) bond motifs is 1. The molecule has 142 valence electrons. The summed E-state index contributed by atoms with van der Waals surface area (Å²) in [6.45, 7) is 0.529. The molecular weight excluding hydrogens is 423 g/mol. The third-order valence-electron chi connectivity index (χ3n) is 4.44. The molecule has 8 heteroatoms. The molecule has 0 saturated carbocycles. The summed E-state index contributed by atoms with van der Waals surface area (Å²) in [6, 6.07) is 14.2. The lowest BCUT2D eigenvalue weighted by Crippen LogP contribution is -2.07. The molecule has 28 heavy (non-hydrogen) atoms. The molecule has 0 bridgehead atoms. The topological polar surface area (TPSA) is 80.3 Å². The van der Waals surface area contributed by atoms with Crippen LogP contribution < -0.4 is 16.4 Å². The molecule has 4 rings (SSSR count). The van der Waals surface area contributed by atoms with Gasteiger partial charge in [0, 0.05) is 25.2 Å². The highest BCUT2D eigenvalue weighted by atomic mass is 79.9. The minimum atomic E-state index is -0.323. The lowest BCUT2D eigenvalue weighted by atomic mass is 10.1. The van der Waals surface area contributed by atoms with Gasteiger partial charge in [-0.1, -0.05) is 18.2 Å². The molecule has 0 atom stereocenters. The van der Waals surface area contributed by atoms with Gasteiger partial charge < -0.3 is 16.4 Å². The summed E-state index contributed by atoms with van der Waals surface area (Å²) in [6.07, 6.45) is 1.67. The SMILES string of the molecule is CNc1ccc(CNc2cc(-c3ccccc3F)nc3c(Br)cnn23)cc1N. The van der Waals surface area contributed by atoms with E-state index in [1.54, 1.807) is 35.0 Å². The predicted octanol–water partition coefficient (Wildman–Crippen LogP) is 4.53. The van der Waals surface area contributed by atoms with Gasteiger partial charge in [-0.25, -0.2) is 9.37 Å². The number of halogens is 2. The van der Waals surface area contributed by atoms with Crippen LogP contribution in [-0.2, 0) is 6.54 Å². The molecule has 2 heterocycles. The molecule has 0 amide bonds. The van der Waals surface area contributed by atoms with Gasteiger partial charge in [-0.05, 0) is 45.8 Å². The first-order valence-corrected chi connectivity index (χ1v) is 9.45. The van der Waals surface area contributed by atoms with E-state index in [1.165, 1.54) is 6.07 Å². The quantitative estimate of drug-likeness (QED) is 0.397. The lowest BCUT2D eigenvalue weighted by Gasteiger charge is -2.12. The predicted molar refractivity (Wildman–Crippen MR) is 114 cm³/mol. The Kier molecular flexibility index (Phi) is 4.87. The number of nitrogen functional groups attached to an aromatic ring is 1. The first-order chi connectivity index (χ1) is 13.6. The van der Waals surface area contributed by atoms with Crippen molar-refractivity contribution in [2.24, 2.45) is 0 Å². The number of aromatic nitrogens is 3. The van der Waals surface area contributed by atoms with E-state index in [2.05, 4.69) is 36.6 Å². The summed E-state index contributed by atoms with van der Waals surface area (Å²) in [5.41, 5.74) is 10.2. The summed E-state index contributed by atoms with van der Waals surface area (Å²) in [5, 5.41) is 10.7. The number of nitrogens with one attached hydrogen (secondary N) is 2. The molecule has 0 saturated heterocycles. The highest BCUT2D eigenvalue weighted by molar-refractivity contribution is 9.10. The average Bonchev–Trinajstić information content (AvgIpc) is 3.07. The van der Waals surface area contributed by atoms with Crippen LogP contribution in [0, 0.1) is 5.82 Å². The largest absolute Gasteiger partial charge is 0.397 e. The van der Waals surface area contributed by atoms with E-state index in [-0.39, 0.29) is 5.82 Å². The Morgan fingerprint density at radius 2 is 2.00 bits per heavy atom. The fourth-order valence-electron chi connectivity index (χ4n) is 3.01. The molecule has 2 aromatic carbocycles. The number of rotatable bonds is 5. The summed E-state index contributed by atoms with van der Waals surface area (Å²) >= 11 is 3.46. The third-order valence-corrected chi connectivity index (χ3v) is 5.00. The first kappa shape index (κ1) is 18.2. The number of anilines is 3. The van der Waals surface area contributed by atoms with E-state index in [0.717, 1.165) is 15.7 Å². The summed E-state index contributed by atoms with van der Waals surface area (Å²) in [5.74, 6) is 0.376. The second kappa shape index (κ2) is 7.47. The smallest absolute Gasteiger partial charge is 0.172 e. The molecule has 0 spiro atoms. The molecule has 0 radical (unpaired) electrons. The van der Waals surface area contributed by atoms with Crippen molar-refractivity contribution in [1.29, 1.82) is 0 Å². The monoisotopic (exact) mass is 440 g/mol. The van der Waals surface area contributed by atoms with Gasteiger partial charge >= 0.3 is 0 Å². The molecule has 0 aliphatic carbocycles. The Hall–Kier alpha value is -3.13. The average molecular weight is 441 g/mol. The third kappa shape index (κ3) is 3.38. The van der Waals surface area contributed by atoms with Crippen molar-refractivity contribution in [2.45, 2.75) is 6.54 Å². The van der Waals surface area contributed by atoms with E-state index in [1.807, 2.05) is 25.2 Å². The first-order valence-electron chi connectivity index (χ1n) is 8.66. The molecular formula is C20H18BrFN6. The molecule has 0 fully saturated rings. The fourth-order valence-corrected chi connectivity index (χ4v) is 3.36. The Labute approximate surface area is 169 Å². The van der Waals surface area contributed by atoms with E-state index in [0.29, 0.717) is 35.0 Å². The maximum absolute atomic E-state index is 14.3. The van der Waals surface area contributed by atoms with E-state index in [9.17, 15) is 4.39 Å². The molecule has 6 nitrogen and oxygen atoms in total. The summed E-state index contributed by atoms with van der Waals surface area (Å²) in [7, 11) is 1.83. The second-order valence-electron chi connectivity index (χ2n) is 6.26. The maximum atomic E-state index is 14.3. The number of hydrogen-bond acceptors (Lipinski definition) is 5. The van der Waals surface area contributed by atoms with Gasteiger partial charge in [-0.2, -0.15) is 9.61 Å². The summed E-state index contributed by atoms with van der Waals surface area (Å²) in [4.78, 5) is 4.56. The van der Waals surface area contributed by atoms with Gasteiger partial charge in [0.2, 0.25) is 0 Å². The zero-order valence-corrected chi connectivity index (χ0v) is 16.7. The van der Waals surface area contributed by atoms with E-state index in [4.69, 9.17) is 5.73 Å².